The van der Waals surface area contributed by atoms with Gasteiger partial charge in [0, 0.05) is 24.4 Å². The van der Waals surface area contributed by atoms with Crippen LogP contribution in [-0.4, -0.2) is 25.4 Å². The van der Waals surface area contributed by atoms with E-state index in [0.717, 1.165) is 52.1 Å². The van der Waals surface area contributed by atoms with Gasteiger partial charge < -0.3 is 11.1 Å². The van der Waals surface area contributed by atoms with E-state index in [1.54, 1.807) is 13.1 Å². The van der Waals surface area contributed by atoms with E-state index in [-0.39, 0.29) is 11.9 Å². The van der Waals surface area contributed by atoms with E-state index in [1.165, 1.54) is 5.56 Å². The number of fused-ring (bicyclic) bond motifs is 2. The van der Waals surface area contributed by atoms with Gasteiger partial charge in [-0.05, 0) is 60.4 Å². The normalized spacial score (nSPS) is 14.7. The predicted molar refractivity (Wildman–Crippen MR) is 137 cm³/mol. The molecule has 1 aliphatic carbocycles. The van der Waals surface area contributed by atoms with Crippen LogP contribution in [0.3, 0.4) is 0 Å². The van der Waals surface area contributed by atoms with Gasteiger partial charge >= 0.3 is 0 Å². The zero-order valence-corrected chi connectivity index (χ0v) is 19.3. The molecular formula is C28H24N6O. The summed E-state index contributed by atoms with van der Waals surface area (Å²) in [6.45, 7) is 1.56. The number of carbonyl (C=O) groups is 1. The molecule has 1 aliphatic rings. The fourth-order valence-electron chi connectivity index (χ4n) is 4.90. The smallest absolute Gasteiger partial charge is 0.217 e. The van der Waals surface area contributed by atoms with Crippen LogP contribution in [0.1, 0.15) is 30.5 Å². The average molecular weight is 461 g/mol. The van der Waals surface area contributed by atoms with Crippen molar-refractivity contribution in [3.8, 4) is 28.3 Å². The van der Waals surface area contributed by atoms with Crippen LogP contribution in [0, 0.1) is 0 Å². The maximum Gasteiger partial charge on any atom is 0.217 e. The van der Waals surface area contributed by atoms with Crippen molar-refractivity contribution in [3.63, 3.8) is 0 Å². The van der Waals surface area contributed by atoms with Gasteiger partial charge in [0.1, 0.15) is 11.3 Å². The first-order chi connectivity index (χ1) is 17.1. The molecule has 35 heavy (non-hydrogen) atoms. The monoisotopic (exact) mass is 460 g/mol. The number of rotatable bonds is 4. The first-order valence-electron chi connectivity index (χ1n) is 11.6. The third-order valence-corrected chi connectivity index (χ3v) is 6.49. The standard InChI is InChI=1S/C28H24N6O/c1-17(35)31-24-12-9-19-16-20(10-11-21(19)24)34-27(22-8-5-15-30-26(22)29)33-25-14-13-23(32-28(25)34)18-6-3-2-4-7-18/h2-8,10-11,13-16,24H,9,12H2,1H3,(H2,29,30)(H,31,35). The topological polar surface area (TPSA) is 98.7 Å². The molecule has 172 valence electrons. The SMILES string of the molecule is CC(=O)NC1CCc2cc(-n3c(-c4cccnc4N)nc4ccc(-c5ccccc5)nc43)ccc21. The van der Waals surface area contributed by atoms with Gasteiger partial charge in [0.15, 0.2) is 11.5 Å². The van der Waals surface area contributed by atoms with E-state index in [1.807, 2.05) is 54.6 Å². The lowest BCUT2D eigenvalue weighted by molar-refractivity contribution is -0.119. The molecule has 7 heteroatoms. The Morgan fingerprint density at radius 3 is 2.69 bits per heavy atom. The summed E-state index contributed by atoms with van der Waals surface area (Å²) in [7, 11) is 0. The van der Waals surface area contributed by atoms with Crippen molar-refractivity contribution >= 4 is 22.9 Å². The van der Waals surface area contributed by atoms with E-state index in [4.69, 9.17) is 15.7 Å². The molecule has 1 amide bonds. The number of nitrogens with zero attached hydrogens (tertiary/aromatic N) is 4. The molecule has 0 saturated carbocycles. The van der Waals surface area contributed by atoms with Crippen LogP contribution >= 0.6 is 0 Å². The molecule has 0 radical (unpaired) electrons. The van der Waals surface area contributed by atoms with Gasteiger partial charge in [-0.1, -0.05) is 36.4 Å². The van der Waals surface area contributed by atoms with E-state index >= 15 is 0 Å². The van der Waals surface area contributed by atoms with Gasteiger partial charge in [0.05, 0.1) is 17.3 Å². The Morgan fingerprint density at radius 1 is 1.03 bits per heavy atom. The van der Waals surface area contributed by atoms with Gasteiger partial charge in [-0.15, -0.1) is 0 Å². The van der Waals surface area contributed by atoms with Gasteiger partial charge in [-0.2, -0.15) is 0 Å². The third-order valence-electron chi connectivity index (χ3n) is 6.49. The van der Waals surface area contributed by atoms with Crippen molar-refractivity contribution in [2.75, 3.05) is 5.73 Å². The summed E-state index contributed by atoms with van der Waals surface area (Å²) < 4.78 is 2.06. The molecule has 3 heterocycles. The second kappa shape index (κ2) is 8.36. The average Bonchev–Trinajstić information content (AvgIpc) is 3.45. The number of hydrogen-bond acceptors (Lipinski definition) is 5. The Balaban J connectivity index is 1.56. The number of amides is 1. The Morgan fingerprint density at radius 2 is 1.89 bits per heavy atom. The van der Waals surface area contributed by atoms with Crippen molar-refractivity contribution in [1.82, 2.24) is 24.8 Å². The van der Waals surface area contributed by atoms with Crippen LogP contribution in [-0.2, 0) is 11.2 Å². The molecular weight excluding hydrogens is 436 g/mol. The van der Waals surface area contributed by atoms with Crippen LogP contribution < -0.4 is 11.1 Å². The van der Waals surface area contributed by atoms with Crippen molar-refractivity contribution in [2.24, 2.45) is 0 Å². The summed E-state index contributed by atoms with van der Waals surface area (Å²) in [5, 5.41) is 3.06. The van der Waals surface area contributed by atoms with E-state index < -0.39 is 0 Å². The molecule has 0 aliphatic heterocycles. The number of benzene rings is 2. The van der Waals surface area contributed by atoms with Crippen molar-refractivity contribution in [2.45, 2.75) is 25.8 Å². The van der Waals surface area contributed by atoms with Crippen molar-refractivity contribution in [1.29, 1.82) is 0 Å². The summed E-state index contributed by atoms with van der Waals surface area (Å²) in [6.07, 6.45) is 3.46. The highest BCUT2D eigenvalue weighted by molar-refractivity contribution is 5.84. The third kappa shape index (κ3) is 3.71. The quantitative estimate of drug-likeness (QED) is 0.399. The van der Waals surface area contributed by atoms with Gasteiger partial charge in [-0.3, -0.25) is 9.36 Å². The number of nitrogens with one attached hydrogen (secondary N) is 1. The number of imidazole rings is 1. The minimum atomic E-state index is -0.0143. The summed E-state index contributed by atoms with van der Waals surface area (Å²) in [5.74, 6) is 1.10. The zero-order chi connectivity index (χ0) is 23.9. The fourth-order valence-corrected chi connectivity index (χ4v) is 4.90. The minimum absolute atomic E-state index is 0.0143. The lowest BCUT2D eigenvalue weighted by Gasteiger charge is -2.15. The maximum atomic E-state index is 11.6. The number of nitrogen functional groups attached to an aromatic ring is 1. The maximum absolute atomic E-state index is 11.6. The Hall–Kier alpha value is -4.52. The van der Waals surface area contributed by atoms with Crippen molar-refractivity contribution in [3.05, 3.63) is 90.1 Å². The van der Waals surface area contributed by atoms with Crippen LogP contribution in [0.4, 0.5) is 5.82 Å². The Kier molecular flexibility index (Phi) is 5.03. The summed E-state index contributed by atoms with van der Waals surface area (Å²) in [4.78, 5) is 25.9. The van der Waals surface area contributed by atoms with Crippen LogP contribution in [0.2, 0.25) is 0 Å². The first-order valence-corrected chi connectivity index (χ1v) is 11.6. The van der Waals surface area contributed by atoms with Crippen LogP contribution in [0.25, 0.3) is 39.5 Å². The zero-order valence-electron chi connectivity index (χ0n) is 19.3. The van der Waals surface area contributed by atoms with Gasteiger partial charge in [0.2, 0.25) is 5.91 Å². The highest BCUT2D eigenvalue weighted by Crippen LogP contribution is 2.36. The molecule has 0 fully saturated rings. The molecule has 5 aromatic rings. The Labute approximate surface area is 202 Å². The largest absolute Gasteiger partial charge is 0.383 e. The van der Waals surface area contributed by atoms with E-state index in [9.17, 15) is 4.79 Å². The molecule has 6 rings (SSSR count). The molecule has 1 unspecified atom stereocenters. The first kappa shape index (κ1) is 21.0. The molecule has 2 aromatic carbocycles. The number of anilines is 1. The summed E-state index contributed by atoms with van der Waals surface area (Å²) in [5.41, 5.74) is 13.8. The molecule has 1 atom stereocenters. The second-order valence-electron chi connectivity index (χ2n) is 8.79. The van der Waals surface area contributed by atoms with Crippen LogP contribution in [0.5, 0.6) is 0 Å². The predicted octanol–water partition coefficient (Wildman–Crippen LogP) is 4.86. The molecule has 0 bridgehead atoms. The summed E-state index contributed by atoms with van der Waals surface area (Å²) >= 11 is 0. The highest BCUT2D eigenvalue weighted by atomic mass is 16.1. The Bertz CT molecular complexity index is 1570. The highest BCUT2D eigenvalue weighted by Gasteiger charge is 2.25. The van der Waals surface area contributed by atoms with Gasteiger partial charge in [-0.25, -0.2) is 15.0 Å². The molecule has 3 N–H and O–H groups in total. The van der Waals surface area contributed by atoms with Crippen LogP contribution in [0.15, 0.2) is 79.0 Å². The molecule has 7 nitrogen and oxygen atoms in total. The van der Waals surface area contributed by atoms with Gasteiger partial charge in [0.25, 0.3) is 0 Å². The summed E-state index contributed by atoms with van der Waals surface area (Å²) in [6, 6.07) is 24.3. The lowest BCUT2D eigenvalue weighted by atomic mass is 10.1. The lowest BCUT2D eigenvalue weighted by Crippen LogP contribution is -2.24. The van der Waals surface area contributed by atoms with E-state index in [0.29, 0.717) is 11.6 Å². The molecule has 3 aromatic heterocycles. The number of aryl methyl sites for hydroxylation is 1. The number of nitrogens with two attached hydrogens (primary N) is 1. The number of pyridine rings is 2. The number of hydrogen-bond donors (Lipinski definition) is 2. The molecule has 0 spiro atoms. The second-order valence-corrected chi connectivity index (χ2v) is 8.79. The minimum Gasteiger partial charge on any atom is -0.383 e. The number of aromatic nitrogens is 4. The fraction of sp³-hybridized carbons (Fsp3) is 0.143. The van der Waals surface area contributed by atoms with E-state index in [2.05, 4.69) is 33.1 Å². The number of carbonyl (C=O) groups excluding carboxylic acids is 1. The molecule has 0 saturated heterocycles. The van der Waals surface area contributed by atoms with Crippen molar-refractivity contribution < 1.29 is 4.79 Å².